The first-order chi connectivity index (χ1) is 11.7. The number of rotatable bonds is 5. The van der Waals surface area contributed by atoms with Crippen molar-refractivity contribution in [2.75, 3.05) is 28.9 Å². The topological polar surface area (TPSA) is 111 Å². The lowest BCUT2D eigenvalue weighted by Crippen LogP contribution is -2.17. The number of hydrogen-bond acceptors (Lipinski definition) is 6. The number of benzene rings is 2. The predicted octanol–water partition coefficient (Wildman–Crippen LogP) is 1.63. The van der Waals surface area contributed by atoms with Crippen molar-refractivity contribution in [3.05, 3.63) is 42.5 Å². The normalized spacial score (nSPS) is 14.0. The molecular weight excluding hydrogens is 368 g/mol. The van der Waals surface area contributed by atoms with Gasteiger partial charge in [-0.2, -0.15) is 0 Å². The van der Waals surface area contributed by atoms with Gasteiger partial charge in [-0.05, 0) is 36.4 Å². The van der Waals surface area contributed by atoms with E-state index in [1.165, 1.54) is 36.4 Å². The molecular formula is C15H16N2O6S2. The third-order valence-corrected chi connectivity index (χ3v) is 5.25. The Kier molecular flexibility index (Phi) is 4.48. The number of fused-ring (bicyclic) bond motifs is 1. The molecule has 0 atom stereocenters. The first kappa shape index (κ1) is 17.4. The van der Waals surface area contributed by atoms with E-state index in [0.717, 1.165) is 6.26 Å². The summed E-state index contributed by atoms with van der Waals surface area (Å²) in [6, 6.07) is 10.2. The molecule has 0 fully saturated rings. The summed E-state index contributed by atoms with van der Waals surface area (Å²) in [7, 11) is -7.21. The highest BCUT2D eigenvalue weighted by Gasteiger charge is 2.19. The molecule has 0 bridgehead atoms. The van der Waals surface area contributed by atoms with Gasteiger partial charge in [-0.25, -0.2) is 16.8 Å². The van der Waals surface area contributed by atoms with Gasteiger partial charge in [-0.15, -0.1) is 0 Å². The maximum Gasteiger partial charge on any atom is 0.262 e. The molecule has 134 valence electrons. The van der Waals surface area contributed by atoms with Crippen molar-refractivity contribution >= 4 is 31.4 Å². The van der Waals surface area contributed by atoms with Gasteiger partial charge < -0.3 is 9.47 Å². The van der Waals surface area contributed by atoms with Crippen LogP contribution in [-0.2, 0) is 20.0 Å². The lowest BCUT2D eigenvalue weighted by molar-refractivity contribution is 0.171. The minimum absolute atomic E-state index is 0.0371. The quantitative estimate of drug-likeness (QED) is 0.811. The van der Waals surface area contributed by atoms with Crippen molar-refractivity contribution in [1.29, 1.82) is 0 Å². The second-order valence-corrected chi connectivity index (χ2v) is 8.79. The van der Waals surface area contributed by atoms with Gasteiger partial charge >= 0.3 is 0 Å². The molecule has 0 unspecified atom stereocenters. The number of sulfonamides is 2. The van der Waals surface area contributed by atoms with E-state index in [1.807, 2.05) is 0 Å². The second-order valence-electron chi connectivity index (χ2n) is 5.36. The van der Waals surface area contributed by atoms with Gasteiger partial charge in [0.15, 0.2) is 11.5 Å². The van der Waals surface area contributed by atoms with Gasteiger partial charge in [0.1, 0.15) is 13.2 Å². The van der Waals surface area contributed by atoms with Crippen molar-refractivity contribution in [2.45, 2.75) is 4.90 Å². The fraction of sp³-hybridized carbons (Fsp3) is 0.200. The van der Waals surface area contributed by atoms with Crippen molar-refractivity contribution in [2.24, 2.45) is 0 Å². The summed E-state index contributed by atoms with van der Waals surface area (Å²) in [5.41, 5.74) is 0.638. The van der Waals surface area contributed by atoms with Crippen molar-refractivity contribution in [3.8, 4) is 11.5 Å². The minimum Gasteiger partial charge on any atom is -0.486 e. The molecule has 2 aromatic rings. The zero-order valence-corrected chi connectivity index (χ0v) is 14.9. The van der Waals surface area contributed by atoms with Gasteiger partial charge in [0.05, 0.1) is 11.2 Å². The summed E-state index contributed by atoms with van der Waals surface area (Å²) < 4.78 is 62.8. The van der Waals surface area contributed by atoms with E-state index in [9.17, 15) is 16.8 Å². The molecule has 0 saturated carbocycles. The first-order valence-electron chi connectivity index (χ1n) is 7.23. The van der Waals surface area contributed by atoms with Crippen LogP contribution in [0.25, 0.3) is 0 Å². The van der Waals surface area contributed by atoms with E-state index in [2.05, 4.69) is 9.44 Å². The summed E-state index contributed by atoms with van der Waals surface area (Å²) in [6.45, 7) is 0.782. The molecule has 1 heterocycles. The summed E-state index contributed by atoms with van der Waals surface area (Å²) in [5, 5.41) is 0. The number of ether oxygens (including phenoxy) is 2. The molecule has 2 N–H and O–H groups in total. The largest absolute Gasteiger partial charge is 0.486 e. The maximum atomic E-state index is 12.5. The van der Waals surface area contributed by atoms with Crippen LogP contribution in [-0.4, -0.2) is 36.3 Å². The summed E-state index contributed by atoms with van der Waals surface area (Å²) in [6.07, 6.45) is 1.03. The molecule has 0 amide bonds. The molecule has 0 saturated heterocycles. The lowest BCUT2D eigenvalue weighted by atomic mass is 10.3. The minimum atomic E-state index is -3.82. The van der Waals surface area contributed by atoms with Crippen molar-refractivity contribution in [3.63, 3.8) is 0 Å². The standard InChI is InChI=1S/C15H16N2O6S2/c1-24(18,19)16-11-2-4-12(5-3-11)17-25(20,21)13-6-7-14-15(10-13)23-9-8-22-14/h2-7,10,16-17H,8-9H2,1H3. The highest BCUT2D eigenvalue weighted by molar-refractivity contribution is 7.92. The Bertz CT molecular complexity index is 985. The fourth-order valence-corrected chi connectivity index (χ4v) is 3.86. The SMILES string of the molecule is CS(=O)(=O)Nc1ccc(NS(=O)(=O)c2ccc3c(c2)OCCO3)cc1. The second kappa shape index (κ2) is 6.45. The molecule has 1 aliphatic heterocycles. The molecule has 10 heteroatoms. The smallest absolute Gasteiger partial charge is 0.262 e. The average molecular weight is 384 g/mol. The first-order valence-corrected chi connectivity index (χ1v) is 10.6. The zero-order chi connectivity index (χ0) is 18.1. The zero-order valence-electron chi connectivity index (χ0n) is 13.2. The van der Waals surface area contributed by atoms with E-state index in [-0.39, 0.29) is 4.90 Å². The Balaban J connectivity index is 1.79. The van der Waals surface area contributed by atoms with Crippen LogP contribution in [0.2, 0.25) is 0 Å². The number of anilines is 2. The maximum absolute atomic E-state index is 12.5. The molecule has 0 aromatic heterocycles. The number of nitrogens with one attached hydrogen (secondary N) is 2. The molecule has 1 aliphatic rings. The Morgan fingerprint density at radius 3 is 1.96 bits per heavy atom. The lowest BCUT2D eigenvalue weighted by Gasteiger charge is -2.19. The van der Waals surface area contributed by atoms with Crippen LogP contribution in [0.15, 0.2) is 47.4 Å². The molecule has 0 radical (unpaired) electrons. The highest BCUT2D eigenvalue weighted by atomic mass is 32.2. The van der Waals surface area contributed by atoms with Crippen LogP contribution >= 0.6 is 0 Å². The summed E-state index contributed by atoms with van der Waals surface area (Å²) in [5.74, 6) is 0.878. The molecule has 8 nitrogen and oxygen atoms in total. The predicted molar refractivity (Wildman–Crippen MR) is 93.1 cm³/mol. The van der Waals surface area contributed by atoms with Gasteiger partial charge in [0.25, 0.3) is 10.0 Å². The third-order valence-electron chi connectivity index (χ3n) is 3.26. The van der Waals surface area contributed by atoms with Crippen LogP contribution in [0.4, 0.5) is 11.4 Å². The van der Waals surface area contributed by atoms with Crippen LogP contribution < -0.4 is 18.9 Å². The molecule has 0 aliphatic carbocycles. The van der Waals surface area contributed by atoms with Gasteiger partial charge in [0.2, 0.25) is 10.0 Å². The number of hydrogen-bond donors (Lipinski definition) is 2. The van der Waals surface area contributed by atoms with E-state index < -0.39 is 20.0 Å². The monoisotopic (exact) mass is 384 g/mol. The molecule has 3 rings (SSSR count). The Morgan fingerprint density at radius 1 is 0.800 bits per heavy atom. The molecule has 0 spiro atoms. The van der Waals surface area contributed by atoms with E-state index in [0.29, 0.717) is 36.1 Å². The third kappa shape index (κ3) is 4.34. The van der Waals surface area contributed by atoms with Crippen LogP contribution in [0.5, 0.6) is 11.5 Å². The Morgan fingerprint density at radius 2 is 1.36 bits per heavy atom. The van der Waals surface area contributed by atoms with Crippen LogP contribution in [0.1, 0.15) is 0 Å². The molecule has 25 heavy (non-hydrogen) atoms. The van der Waals surface area contributed by atoms with E-state index in [1.54, 1.807) is 6.07 Å². The fourth-order valence-electron chi connectivity index (χ4n) is 2.23. The van der Waals surface area contributed by atoms with Gasteiger partial charge in [0, 0.05) is 17.4 Å². The van der Waals surface area contributed by atoms with Crippen molar-refractivity contribution in [1.82, 2.24) is 0 Å². The summed E-state index contributed by atoms with van der Waals surface area (Å²) >= 11 is 0. The molecule has 2 aromatic carbocycles. The van der Waals surface area contributed by atoms with Crippen LogP contribution in [0.3, 0.4) is 0 Å². The summed E-state index contributed by atoms with van der Waals surface area (Å²) in [4.78, 5) is 0.0371. The van der Waals surface area contributed by atoms with Gasteiger partial charge in [-0.1, -0.05) is 0 Å². The Labute approximate surface area is 145 Å². The van der Waals surface area contributed by atoms with E-state index in [4.69, 9.17) is 9.47 Å². The van der Waals surface area contributed by atoms with E-state index >= 15 is 0 Å². The van der Waals surface area contributed by atoms with Gasteiger partial charge in [-0.3, -0.25) is 9.44 Å². The average Bonchev–Trinajstić information content (AvgIpc) is 2.55. The Hall–Kier alpha value is -2.46. The van der Waals surface area contributed by atoms with Crippen molar-refractivity contribution < 1.29 is 26.3 Å². The van der Waals surface area contributed by atoms with Crippen LogP contribution in [0, 0.1) is 0 Å². The highest BCUT2D eigenvalue weighted by Crippen LogP contribution is 2.32.